The van der Waals surface area contributed by atoms with Crippen LogP contribution >= 0.6 is 15.9 Å². The third-order valence-electron chi connectivity index (χ3n) is 3.13. The van der Waals surface area contributed by atoms with Crippen molar-refractivity contribution in [3.8, 4) is 0 Å². The first-order chi connectivity index (χ1) is 9.22. The van der Waals surface area contributed by atoms with E-state index in [9.17, 15) is 0 Å². The van der Waals surface area contributed by atoms with E-state index in [0.29, 0.717) is 0 Å². The Morgan fingerprint density at radius 1 is 1.26 bits per heavy atom. The predicted octanol–water partition coefficient (Wildman–Crippen LogP) is 4.25. The number of hydrogen-bond acceptors (Lipinski definition) is 2. The van der Waals surface area contributed by atoms with Crippen molar-refractivity contribution in [1.82, 2.24) is 9.97 Å². The van der Waals surface area contributed by atoms with Crippen molar-refractivity contribution >= 4 is 32.5 Å². The number of nitrogens with zero attached hydrogens (tertiary/aromatic N) is 1. The summed E-state index contributed by atoms with van der Waals surface area (Å²) in [6.45, 7) is 2.83. The van der Waals surface area contributed by atoms with Crippen molar-refractivity contribution in [3.05, 3.63) is 58.5 Å². The number of aromatic amines is 1. The molecule has 2 N–H and O–H groups in total. The molecule has 0 spiro atoms. The van der Waals surface area contributed by atoms with Gasteiger partial charge in [0.1, 0.15) is 4.60 Å². The number of aryl methyl sites for hydroxylation is 1. The number of H-pyrrole nitrogens is 1. The van der Waals surface area contributed by atoms with Crippen molar-refractivity contribution in [2.75, 3.05) is 5.32 Å². The number of pyridine rings is 1. The van der Waals surface area contributed by atoms with Gasteiger partial charge in [0.15, 0.2) is 0 Å². The molecule has 0 aliphatic carbocycles. The van der Waals surface area contributed by atoms with Crippen LogP contribution in [-0.2, 0) is 6.54 Å². The molecular formula is C15H14BrN3. The van der Waals surface area contributed by atoms with Gasteiger partial charge in [-0.2, -0.15) is 0 Å². The van der Waals surface area contributed by atoms with Gasteiger partial charge >= 0.3 is 0 Å². The molecule has 3 aromatic rings. The lowest BCUT2D eigenvalue weighted by atomic mass is 10.1. The summed E-state index contributed by atoms with van der Waals surface area (Å²) in [7, 11) is 0. The molecule has 0 fully saturated rings. The number of benzene rings is 1. The number of hydrogen-bond donors (Lipinski definition) is 2. The van der Waals surface area contributed by atoms with Gasteiger partial charge < -0.3 is 10.3 Å². The molecule has 3 rings (SSSR count). The van der Waals surface area contributed by atoms with E-state index in [0.717, 1.165) is 22.4 Å². The Kier molecular flexibility index (Phi) is 3.25. The Balaban J connectivity index is 1.75. The van der Waals surface area contributed by atoms with Crippen molar-refractivity contribution in [3.63, 3.8) is 0 Å². The van der Waals surface area contributed by atoms with Crippen molar-refractivity contribution in [2.45, 2.75) is 13.5 Å². The van der Waals surface area contributed by atoms with E-state index in [2.05, 4.69) is 61.5 Å². The Hall–Kier alpha value is -1.81. The van der Waals surface area contributed by atoms with Crippen LogP contribution in [0.1, 0.15) is 11.1 Å². The summed E-state index contributed by atoms with van der Waals surface area (Å²) in [6.07, 6.45) is 3.80. The molecule has 1 aromatic carbocycles. The highest BCUT2D eigenvalue weighted by atomic mass is 79.9. The maximum atomic E-state index is 4.28. The van der Waals surface area contributed by atoms with E-state index in [-0.39, 0.29) is 0 Å². The molecule has 0 saturated heterocycles. The molecule has 2 aromatic heterocycles. The topological polar surface area (TPSA) is 40.7 Å². The fourth-order valence-corrected chi connectivity index (χ4v) is 2.29. The molecule has 0 aliphatic rings. The van der Waals surface area contributed by atoms with E-state index in [1.807, 2.05) is 19.3 Å². The van der Waals surface area contributed by atoms with Crippen LogP contribution in [0.3, 0.4) is 0 Å². The summed E-state index contributed by atoms with van der Waals surface area (Å²) in [5.41, 5.74) is 4.60. The van der Waals surface area contributed by atoms with Crippen LogP contribution in [-0.4, -0.2) is 9.97 Å². The normalized spacial score (nSPS) is 10.8. The largest absolute Gasteiger partial charge is 0.380 e. The van der Waals surface area contributed by atoms with Crippen LogP contribution in [0.4, 0.5) is 5.69 Å². The smallest absolute Gasteiger partial charge is 0.109 e. The number of nitrogens with one attached hydrogen (secondary N) is 2. The predicted molar refractivity (Wildman–Crippen MR) is 82.3 cm³/mol. The first-order valence-electron chi connectivity index (χ1n) is 6.14. The van der Waals surface area contributed by atoms with Gasteiger partial charge in [0, 0.05) is 18.3 Å². The molecule has 96 valence electrons. The summed E-state index contributed by atoms with van der Waals surface area (Å²) in [5, 5.41) is 4.63. The fourth-order valence-electron chi connectivity index (χ4n) is 2.07. The highest BCUT2D eigenvalue weighted by molar-refractivity contribution is 9.10. The highest BCUT2D eigenvalue weighted by Gasteiger charge is 2.00. The average molecular weight is 316 g/mol. The lowest BCUT2D eigenvalue weighted by Crippen LogP contribution is -2.00. The molecule has 0 radical (unpaired) electrons. The number of fused-ring (bicyclic) bond motifs is 1. The maximum absolute atomic E-state index is 4.28. The number of rotatable bonds is 3. The molecular weight excluding hydrogens is 302 g/mol. The molecule has 4 heteroatoms. The van der Waals surface area contributed by atoms with E-state index in [1.54, 1.807) is 0 Å². The van der Waals surface area contributed by atoms with Crippen LogP contribution < -0.4 is 5.32 Å². The Labute approximate surface area is 120 Å². The maximum Gasteiger partial charge on any atom is 0.109 e. The van der Waals surface area contributed by atoms with Gasteiger partial charge in [0.25, 0.3) is 0 Å². The van der Waals surface area contributed by atoms with Gasteiger partial charge in [-0.3, -0.25) is 0 Å². The molecule has 19 heavy (non-hydrogen) atoms. The minimum atomic E-state index is 0.796. The van der Waals surface area contributed by atoms with Gasteiger partial charge in [-0.25, -0.2) is 4.98 Å². The van der Waals surface area contributed by atoms with Crippen molar-refractivity contribution in [1.29, 1.82) is 0 Å². The SMILES string of the molecule is Cc1cc(NCc2ccc3[nH]ccc3c2)cnc1Br. The monoisotopic (exact) mass is 315 g/mol. The van der Waals surface area contributed by atoms with Gasteiger partial charge in [0.2, 0.25) is 0 Å². The molecule has 0 amide bonds. The van der Waals surface area contributed by atoms with Crippen LogP contribution in [0.2, 0.25) is 0 Å². The zero-order valence-electron chi connectivity index (χ0n) is 10.6. The highest BCUT2D eigenvalue weighted by Crippen LogP contribution is 2.18. The van der Waals surface area contributed by atoms with E-state index in [4.69, 9.17) is 0 Å². The first-order valence-corrected chi connectivity index (χ1v) is 6.94. The molecule has 0 bridgehead atoms. The molecule has 3 nitrogen and oxygen atoms in total. The number of aromatic nitrogens is 2. The summed E-state index contributed by atoms with van der Waals surface area (Å²) < 4.78 is 0.895. The van der Waals surface area contributed by atoms with Crippen LogP contribution in [0, 0.1) is 6.92 Å². The Morgan fingerprint density at radius 3 is 3.00 bits per heavy atom. The summed E-state index contributed by atoms with van der Waals surface area (Å²) >= 11 is 3.41. The Morgan fingerprint density at radius 2 is 2.16 bits per heavy atom. The summed E-state index contributed by atoms with van der Waals surface area (Å²) in [5.74, 6) is 0. The van der Waals surface area contributed by atoms with Crippen LogP contribution in [0.15, 0.2) is 47.3 Å². The van der Waals surface area contributed by atoms with Crippen LogP contribution in [0.25, 0.3) is 10.9 Å². The van der Waals surface area contributed by atoms with Crippen molar-refractivity contribution in [2.24, 2.45) is 0 Å². The van der Waals surface area contributed by atoms with Crippen LogP contribution in [0.5, 0.6) is 0 Å². The average Bonchev–Trinajstić information content (AvgIpc) is 2.87. The van der Waals surface area contributed by atoms with Gasteiger partial charge in [-0.15, -0.1) is 0 Å². The molecule has 2 heterocycles. The van der Waals surface area contributed by atoms with E-state index >= 15 is 0 Å². The first kappa shape index (κ1) is 12.2. The van der Waals surface area contributed by atoms with Crippen molar-refractivity contribution < 1.29 is 0 Å². The second-order valence-electron chi connectivity index (χ2n) is 4.58. The fraction of sp³-hybridized carbons (Fsp3) is 0.133. The molecule has 0 atom stereocenters. The molecule has 0 saturated carbocycles. The number of halogens is 1. The zero-order chi connectivity index (χ0) is 13.2. The molecule has 0 aliphatic heterocycles. The Bertz CT molecular complexity index is 718. The lowest BCUT2D eigenvalue weighted by molar-refractivity contribution is 1.12. The van der Waals surface area contributed by atoms with Gasteiger partial charge in [-0.05, 0) is 63.6 Å². The minimum Gasteiger partial charge on any atom is -0.380 e. The summed E-state index contributed by atoms with van der Waals surface area (Å²) in [6, 6.07) is 10.6. The second-order valence-corrected chi connectivity index (χ2v) is 5.34. The minimum absolute atomic E-state index is 0.796. The quantitative estimate of drug-likeness (QED) is 0.709. The zero-order valence-corrected chi connectivity index (χ0v) is 12.2. The standard InChI is InChI=1S/C15H14BrN3/c1-10-6-13(9-19-15(10)16)18-8-11-2-3-14-12(7-11)4-5-17-14/h2-7,9,17-18H,8H2,1H3. The third kappa shape index (κ3) is 2.63. The second kappa shape index (κ2) is 5.05. The lowest BCUT2D eigenvalue weighted by Gasteiger charge is -2.08. The van der Waals surface area contributed by atoms with Gasteiger partial charge in [0.05, 0.1) is 11.9 Å². The third-order valence-corrected chi connectivity index (χ3v) is 3.96. The van der Waals surface area contributed by atoms with Gasteiger partial charge in [-0.1, -0.05) is 6.07 Å². The summed E-state index contributed by atoms with van der Waals surface area (Å²) in [4.78, 5) is 7.48. The van der Waals surface area contributed by atoms with E-state index < -0.39 is 0 Å². The van der Waals surface area contributed by atoms with E-state index in [1.165, 1.54) is 16.5 Å². The number of anilines is 1. The molecule has 0 unspecified atom stereocenters.